The molecule has 0 saturated heterocycles. The summed E-state index contributed by atoms with van der Waals surface area (Å²) in [5.74, 6) is 0. The van der Waals surface area contributed by atoms with Crippen molar-refractivity contribution in [2.45, 2.75) is 32.7 Å². The van der Waals surface area contributed by atoms with Crippen LogP contribution in [-0.2, 0) is 0 Å². The minimum absolute atomic E-state index is 0.113. The van der Waals surface area contributed by atoms with Gasteiger partial charge in [-0.3, -0.25) is 4.79 Å². The highest BCUT2D eigenvalue weighted by Gasteiger charge is 2.21. The van der Waals surface area contributed by atoms with Crippen LogP contribution in [0.4, 0.5) is 5.69 Å². The molecule has 1 aromatic carbocycles. The Labute approximate surface area is 106 Å². The standard InChI is InChI=1S/C13H18BrNO/c1-5-13(2,3)15(4)11-7-6-10(9-16)12(14)8-11/h6-9H,5H2,1-4H3. The van der Waals surface area contributed by atoms with Gasteiger partial charge < -0.3 is 4.90 Å². The fraction of sp³-hybridized carbons (Fsp3) is 0.462. The number of aldehydes is 1. The lowest BCUT2D eigenvalue weighted by molar-refractivity contribution is 0.112. The van der Waals surface area contributed by atoms with Crippen LogP contribution in [0.15, 0.2) is 22.7 Å². The second-order valence-corrected chi connectivity index (χ2v) is 5.40. The van der Waals surface area contributed by atoms with Crippen LogP contribution in [0.2, 0.25) is 0 Å². The van der Waals surface area contributed by atoms with Gasteiger partial charge in [0, 0.05) is 28.3 Å². The second-order valence-electron chi connectivity index (χ2n) is 4.55. The van der Waals surface area contributed by atoms with Crippen LogP contribution < -0.4 is 4.90 Å². The maximum Gasteiger partial charge on any atom is 0.151 e. The number of rotatable bonds is 4. The lowest BCUT2D eigenvalue weighted by Crippen LogP contribution is -2.40. The van der Waals surface area contributed by atoms with Gasteiger partial charge in [-0.15, -0.1) is 0 Å². The zero-order valence-corrected chi connectivity index (χ0v) is 11.8. The second kappa shape index (κ2) is 5.00. The minimum Gasteiger partial charge on any atom is -0.369 e. The summed E-state index contributed by atoms with van der Waals surface area (Å²) in [5, 5.41) is 0. The molecule has 0 N–H and O–H groups in total. The summed E-state index contributed by atoms with van der Waals surface area (Å²) in [4.78, 5) is 12.9. The molecular weight excluding hydrogens is 266 g/mol. The molecule has 88 valence electrons. The summed E-state index contributed by atoms with van der Waals surface area (Å²) < 4.78 is 0.846. The van der Waals surface area contributed by atoms with E-state index in [0.29, 0.717) is 5.56 Å². The van der Waals surface area contributed by atoms with Crippen molar-refractivity contribution in [1.82, 2.24) is 0 Å². The molecule has 0 radical (unpaired) electrons. The number of carbonyl (C=O) groups is 1. The molecule has 0 fully saturated rings. The number of halogens is 1. The van der Waals surface area contributed by atoms with E-state index in [2.05, 4.69) is 48.6 Å². The van der Waals surface area contributed by atoms with Crippen molar-refractivity contribution in [3.8, 4) is 0 Å². The third-order valence-corrected chi connectivity index (χ3v) is 3.96. The van der Waals surface area contributed by atoms with Crippen LogP contribution in [0, 0.1) is 0 Å². The van der Waals surface area contributed by atoms with Crippen LogP contribution in [0.1, 0.15) is 37.6 Å². The molecule has 0 amide bonds. The molecule has 0 atom stereocenters. The molecule has 16 heavy (non-hydrogen) atoms. The molecule has 0 aliphatic carbocycles. The Balaban J connectivity index is 3.06. The van der Waals surface area contributed by atoms with Crippen molar-refractivity contribution < 1.29 is 4.79 Å². The smallest absolute Gasteiger partial charge is 0.151 e. The Hall–Kier alpha value is -0.830. The lowest BCUT2D eigenvalue weighted by Gasteiger charge is -2.37. The molecule has 0 heterocycles. The highest BCUT2D eigenvalue weighted by Crippen LogP contribution is 2.28. The van der Waals surface area contributed by atoms with E-state index in [1.165, 1.54) is 0 Å². The first-order chi connectivity index (χ1) is 7.42. The van der Waals surface area contributed by atoms with Crippen LogP contribution >= 0.6 is 15.9 Å². The van der Waals surface area contributed by atoms with E-state index in [4.69, 9.17) is 0 Å². The van der Waals surface area contributed by atoms with Crippen LogP contribution in [0.25, 0.3) is 0 Å². The normalized spacial score (nSPS) is 11.3. The maximum absolute atomic E-state index is 10.7. The van der Waals surface area contributed by atoms with E-state index in [0.717, 1.165) is 22.9 Å². The molecule has 0 aliphatic rings. The van der Waals surface area contributed by atoms with Gasteiger partial charge in [-0.2, -0.15) is 0 Å². The van der Waals surface area contributed by atoms with E-state index in [-0.39, 0.29) is 5.54 Å². The Bertz CT molecular complexity index is 388. The summed E-state index contributed by atoms with van der Waals surface area (Å²) >= 11 is 3.41. The molecule has 0 aromatic heterocycles. The SMILES string of the molecule is CCC(C)(C)N(C)c1ccc(C=O)c(Br)c1. The first-order valence-corrected chi connectivity index (χ1v) is 6.20. The number of benzene rings is 1. The van der Waals surface area contributed by atoms with Gasteiger partial charge in [-0.05, 0) is 54.4 Å². The highest BCUT2D eigenvalue weighted by atomic mass is 79.9. The molecule has 0 aliphatic heterocycles. The number of nitrogens with zero attached hydrogens (tertiary/aromatic N) is 1. The number of hydrogen-bond donors (Lipinski definition) is 0. The highest BCUT2D eigenvalue weighted by molar-refractivity contribution is 9.10. The van der Waals surface area contributed by atoms with Crippen molar-refractivity contribution in [2.75, 3.05) is 11.9 Å². The van der Waals surface area contributed by atoms with E-state index < -0.39 is 0 Å². The molecule has 3 heteroatoms. The third-order valence-electron chi connectivity index (χ3n) is 3.27. The largest absolute Gasteiger partial charge is 0.369 e. The predicted molar refractivity (Wildman–Crippen MR) is 72.3 cm³/mol. The summed E-state index contributed by atoms with van der Waals surface area (Å²) in [6.07, 6.45) is 1.93. The van der Waals surface area contributed by atoms with Gasteiger partial charge in [0.15, 0.2) is 6.29 Å². The lowest BCUT2D eigenvalue weighted by atomic mass is 9.99. The topological polar surface area (TPSA) is 20.3 Å². The van der Waals surface area contributed by atoms with Gasteiger partial charge >= 0.3 is 0 Å². The van der Waals surface area contributed by atoms with E-state index >= 15 is 0 Å². The van der Waals surface area contributed by atoms with E-state index in [1.807, 2.05) is 18.2 Å². The van der Waals surface area contributed by atoms with Crippen LogP contribution in [0.5, 0.6) is 0 Å². The van der Waals surface area contributed by atoms with Crippen molar-refractivity contribution in [1.29, 1.82) is 0 Å². The van der Waals surface area contributed by atoms with Gasteiger partial charge in [-0.1, -0.05) is 6.92 Å². The zero-order valence-electron chi connectivity index (χ0n) is 10.2. The van der Waals surface area contributed by atoms with Crippen molar-refractivity contribution in [2.24, 2.45) is 0 Å². The number of carbonyl (C=O) groups excluding carboxylic acids is 1. The Morgan fingerprint density at radius 2 is 2.06 bits per heavy atom. The molecule has 0 unspecified atom stereocenters. The van der Waals surface area contributed by atoms with Gasteiger partial charge in [0.2, 0.25) is 0 Å². The average Bonchev–Trinajstić information content (AvgIpc) is 2.27. The average molecular weight is 284 g/mol. The predicted octanol–water partition coefficient (Wildman–Crippen LogP) is 3.89. The summed E-state index contributed by atoms with van der Waals surface area (Å²) in [7, 11) is 2.08. The molecule has 2 nitrogen and oxygen atoms in total. The third kappa shape index (κ3) is 2.64. The van der Waals surface area contributed by atoms with Gasteiger partial charge in [0.05, 0.1) is 0 Å². The Kier molecular flexibility index (Phi) is 4.14. The van der Waals surface area contributed by atoms with Gasteiger partial charge in [-0.25, -0.2) is 0 Å². The molecule has 0 bridgehead atoms. The molecule has 0 spiro atoms. The molecule has 1 aromatic rings. The first-order valence-electron chi connectivity index (χ1n) is 5.41. The quantitative estimate of drug-likeness (QED) is 0.782. The maximum atomic E-state index is 10.7. The fourth-order valence-electron chi connectivity index (χ4n) is 1.41. The van der Waals surface area contributed by atoms with Crippen LogP contribution in [0.3, 0.4) is 0 Å². The molecular formula is C13H18BrNO. The first kappa shape index (κ1) is 13.2. The summed E-state index contributed by atoms with van der Waals surface area (Å²) in [6.45, 7) is 6.58. The monoisotopic (exact) mass is 283 g/mol. The minimum atomic E-state index is 0.113. The van der Waals surface area contributed by atoms with Crippen molar-refractivity contribution >= 4 is 27.9 Å². The molecule has 1 rings (SSSR count). The van der Waals surface area contributed by atoms with Gasteiger partial charge in [0.25, 0.3) is 0 Å². The summed E-state index contributed by atoms with van der Waals surface area (Å²) in [6, 6.07) is 5.81. The van der Waals surface area contributed by atoms with Crippen LogP contribution in [-0.4, -0.2) is 18.9 Å². The molecule has 0 saturated carbocycles. The Morgan fingerprint density at radius 3 is 2.50 bits per heavy atom. The number of anilines is 1. The van der Waals surface area contributed by atoms with E-state index in [9.17, 15) is 4.79 Å². The number of hydrogen-bond acceptors (Lipinski definition) is 2. The van der Waals surface area contributed by atoms with Crippen molar-refractivity contribution in [3.05, 3.63) is 28.2 Å². The summed E-state index contributed by atoms with van der Waals surface area (Å²) in [5.41, 5.74) is 1.91. The van der Waals surface area contributed by atoms with E-state index in [1.54, 1.807) is 0 Å². The van der Waals surface area contributed by atoms with Gasteiger partial charge in [0.1, 0.15) is 0 Å². The Morgan fingerprint density at radius 1 is 1.44 bits per heavy atom. The fourth-order valence-corrected chi connectivity index (χ4v) is 1.87. The zero-order chi connectivity index (χ0) is 12.3. The van der Waals surface area contributed by atoms with Crippen molar-refractivity contribution in [3.63, 3.8) is 0 Å².